The molecular formula is C12H12N4O2S2. The molecule has 1 unspecified atom stereocenters. The van der Waals surface area contributed by atoms with Gasteiger partial charge in [0.2, 0.25) is 6.10 Å². The Hall–Kier alpha value is -1.80. The van der Waals surface area contributed by atoms with Gasteiger partial charge in [-0.1, -0.05) is 5.16 Å². The van der Waals surface area contributed by atoms with Crippen molar-refractivity contribution in [3.8, 4) is 10.6 Å². The van der Waals surface area contributed by atoms with E-state index in [4.69, 9.17) is 4.84 Å². The Morgan fingerprint density at radius 3 is 2.95 bits per heavy atom. The lowest BCUT2D eigenvalue weighted by molar-refractivity contribution is -0.125. The van der Waals surface area contributed by atoms with Crippen molar-refractivity contribution in [2.24, 2.45) is 5.16 Å². The summed E-state index contributed by atoms with van der Waals surface area (Å²) in [6, 6.07) is 0. The van der Waals surface area contributed by atoms with Crippen LogP contribution in [0.2, 0.25) is 0 Å². The van der Waals surface area contributed by atoms with E-state index < -0.39 is 6.10 Å². The van der Waals surface area contributed by atoms with E-state index in [0.717, 1.165) is 21.3 Å². The molecule has 2 aromatic rings. The highest BCUT2D eigenvalue weighted by Crippen LogP contribution is 2.32. The maximum atomic E-state index is 11.9. The van der Waals surface area contributed by atoms with Gasteiger partial charge in [-0.15, -0.1) is 22.7 Å². The lowest BCUT2D eigenvalue weighted by Gasteiger charge is -2.06. The molecule has 0 aliphatic carbocycles. The van der Waals surface area contributed by atoms with Gasteiger partial charge in [0.1, 0.15) is 0 Å². The number of aromatic nitrogens is 2. The van der Waals surface area contributed by atoms with E-state index in [0.29, 0.717) is 11.6 Å². The summed E-state index contributed by atoms with van der Waals surface area (Å²) in [6.45, 7) is 3.92. The van der Waals surface area contributed by atoms with E-state index in [2.05, 4.69) is 20.4 Å². The number of hydrogen-bond acceptors (Lipinski definition) is 7. The van der Waals surface area contributed by atoms with E-state index in [1.807, 2.05) is 19.2 Å². The van der Waals surface area contributed by atoms with Gasteiger partial charge in [-0.25, -0.2) is 9.97 Å². The Balaban J connectivity index is 1.73. The maximum Gasteiger partial charge on any atom is 0.270 e. The summed E-state index contributed by atoms with van der Waals surface area (Å²) in [4.78, 5) is 26.6. The van der Waals surface area contributed by atoms with Gasteiger partial charge < -0.3 is 4.84 Å². The second-order valence-corrected chi connectivity index (χ2v) is 6.35. The third kappa shape index (κ3) is 2.56. The van der Waals surface area contributed by atoms with Gasteiger partial charge in [0.15, 0.2) is 5.13 Å². The lowest BCUT2D eigenvalue weighted by atomic mass is 10.3. The summed E-state index contributed by atoms with van der Waals surface area (Å²) < 4.78 is 0. The summed E-state index contributed by atoms with van der Waals surface area (Å²) >= 11 is 2.99. The van der Waals surface area contributed by atoms with Crippen molar-refractivity contribution in [2.45, 2.75) is 26.4 Å². The number of nitrogens with zero attached hydrogens (tertiary/aromatic N) is 3. The second-order valence-electron chi connectivity index (χ2n) is 4.29. The van der Waals surface area contributed by atoms with E-state index >= 15 is 0 Å². The average molecular weight is 308 g/mol. The fourth-order valence-corrected chi connectivity index (χ4v) is 3.50. The highest BCUT2D eigenvalue weighted by Gasteiger charge is 2.23. The molecule has 8 heteroatoms. The van der Waals surface area contributed by atoms with Crippen molar-refractivity contribution in [3.05, 3.63) is 16.1 Å². The minimum absolute atomic E-state index is 0.222. The largest absolute Gasteiger partial charge is 0.382 e. The van der Waals surface area contributed by atoms with Crippen LogP contribution in [-0.4, -0.2) is 28.2 Å². The standard InChI is InChI=1S/C12H12N4O2S2/c1-6-10(20-7(2)14-6)8-5-19-12(15-8)16-11(17)9-3-4-13-18-9/h4-5,9H,3H2,1-2H3,(H,15,16,17). The van der Waals surface area contributed by atoms with Crippen LogP contribution < -0.4 is 5.32 Å². The molecule has 6 nitrogen and oxygen atoms in total. The Bertz CT molecular complexity index is 669. The summed E-state index contributed by atoms with van der Waals surface area (Å²) in [6.07, 6.45) is 1.54. The van der Waals surface area contributed by atoms with Crippen LogP contribution in [0.5, 0.6) is 0 Å². The van der Waals surface area contributed by atoms with Crippen LogP contribution in [0.25, 0.3) is 10.6 Å². The first kappa shape index (κ1) is 13.2. The smallest absolute Gasteiger partial charge is 0.270 e. The highest BCUT2D eigenvalue weighted by molar-refractivity contribution is 7.16. The Labute approximate surface area is 123 Å². The molecule has 0 spiro atoms. The van der Waals surface area contributed by atoms with Crippen LogP contribution in [0.15, 0.2) is 10.5 Å². The number of carbonyl (C=O) groups is 1. The monoisotopic (exact) mass is 308 g/mol. The van der Waals surface area contributed by atoms with Crippen molar-refractivity contribution >= 4 is 39.9 Å². The van der Waals surface area contributed by atoms with Gasteiger partial charge in [0.25, 0.3) is 5.91 Å². The van der Waals surface area contributed by atoms with E-state index in [-0.39, 0.29) is 5.91 Å². The third-order valence-corrected chi connectivity index (χ3v) is 4.60. The molecule has 3 heterocycles. The zero-order valence-corrected chi connectivity index (χ0v) is 12.5. The number of amides is 1. The first-order valence-electron chi connectivity index (χ1n) is 6.02. The van der Waals surface area contributed by atoms with Crippen LogP contribution in [0, 0.1) is 13.8 Å². The number of rotatable bonds is 3. The van der Waals surface area contributed by atoms with Crippen molar-refractivity contribution in [3.63, 3.8) is 0 Å². The topological polar surface area (TPSA) is 76.5 Å². The number of thiazole rings is 2. The fraction of sp³-hybridized carbons (Fsp3) is 0.333. The minimum Gasteiger partial charge on any atom is -0.382 e. The van der Waals surface area contributed by atoms with Gasteiger partial charge in [-0.05, 0) is 13.8 Å². The predicted molar refractivity (Wildman–Crippen MR) is 79.3 cm³/mol. The molecule has 104 valence electrons. The number of anilines is 1. The van der Waals surface area contributed by atoms with E-state index in [1.54, 1.807) is 17.6 Å². The first-order chi connectivity index (χ1) is 9.63. The zero-order valence-electron chi connectivity index (χ0n) is 10.9. The number of oxime groups is 1. The van der Waals surface area contributed by atoms with Crippen molar-refractivity contribution in [2.75, 3.05) is 5.32 Å². The van der Waals surface area contributed by atoms with Gasteiger partial charge in [-0.2, -0.15) is 0 Å². The maximum absolute atomic E-state index is 11.9. The van der Waals surface area contributed by atoms with Crippen LogP contribution in [-0.2, 0) is 9.63 Å². The van der Waals surface area contributed by atoms with E-state index in [9.17, 15) is 4.79 Å². The molecule has 0 fully saturated rings. The molecule has 20 heavy (non-hydrogen) atoms. The van der Waals surface area contributed by atoms with Crippen molar-refractivity contribution in [1.82, 2.24) is 9.97 Å². The molecule has 1 aliphatic rings. The number of carbonyl (C=O) groups excluding carboxylic acids is 1. The lowest BCUT2D eigenvalue weighted by Crippen LogP contribution is -2.27. The van der Waals surface area contributed by atoms with Gasteiger partial charge in [0, 0.05) is 18.0 Å². The summed E-state index contributed by atoms with van der Waals surface area (Å²) in [7, 11) is 0. The number of hydrogen-bond donors (Lipinski definition) is 1. The summed E-state index contributed by atoms with van der Waals surface area (Å²) in [5.41, 5.74) is 1.81. The van der Waals surface area contributed by atoms with Gasteiger partial charge in [-0.3, -0.25) is 10.1 Å². The number of aryl methyl sites for hydroxylation is 2. The molecule has 0 radical (unpaired) electrons. The SMILES string of the molecule is Cc1nc(C)c(-c2csc(NC(=O)C3CC=NO3)n2)s1. The Morgan fingerprint density at radius 1 is 1.45 bits per heavy atom. The van der Waals surface area contributed by atoms with Crippen molar-refractivity contribution in [1.29, 1.82) is 0 Å². The van der Waals surface area contributed by atoms with Crippen molar-refractivity contribution < 1.29 is 9.63 Å². The van der Waals surface area contributed by atoms with Crippen LogP contribution in [0.4, 0.5) is 5.13 Å². The van der Waals surface area contributed by atoms with Crippen LogP contribution >= 0.6 is 22.7 Å². The fourth-order valence-electron chi connectivity index (χ4n) is 1.84. The molecule has 2 aromatic heterocycles. The third-order valence-electron chi connectivity index (χ3n) is 2.75. The van der Waals surface area contributed by atoms with E-state index in [1.165, 1.54) is 11.3 Å². The molecule has 0 bridgehead atoms. The van der Waals surface area contributed by atoms with Gasteiger partial charge in [0.05, 0.1) is 21.3 Å². The molecule has 1 aliphatic heterocycles. The minimum atomic E-state index is -0.547. The van der Waals surface area contributed by atoms with Crippen LogP contribution in [0.3, 0.4) is 0 Å². The normalized spacial score (nSPS) is 17.2. The molecule has 0 saturated carbocycles. The molecule has 1 amide bonds. The second kappa shape index (κ2) is 5.29. The predicted octanol–water partition coefficient (Wildman–Crippen LogP) is 2.60. The quantitative estimate of drug-likeness (QED) is 0.945. The average Bonchev–Trinajstić information content (AvgIpc) is 3.10. The first-order valence-corrected chi connectivity index (χ1v) is 7.71. The number of nitrogens with one attached hydrogen (secondary N) is 1. The highest BCUT2D eigenvalue weighted by atomic mass is 32.1. The van der Waals surface area contributed by atoms with Gasteiger partial charge >= 0.3 is 0 Å². The molecule has 0 aromatic carbocycles. The zero-order chi connectivity index (χ0) is 14.1. The Morgan fingerprint density at radius 2 is 2.30 bits per heavy atom. The molecule has 1 atom stereocenters. The molecule has 0 saturated heterocycles. The molecular weight excluding hydrogens is 296 g/mol. The summed E-state index contributed by atoms with van der Waals surface area (Å²) in [5.74, 6) is -0.222. The molecule has 3 rings (SSSR count). The Kier molecular flexibility index (Phi) is 3.49. The summed E-state index contributed by atoms with van der Waals surface area (Å²) in [5, 5.41) is 9.82. The molecule has 1 N–H and O–H groups in total. The van der Waals surface area contributed by atoms with Crippen LogP contribution in [0.1, 0.15) is 17.1 Å².